The van der Waals surface area contributed by atoms with Crippen LogP contribution in [0.5, 0.6) is 0 Å². The maximum absolute atomic E-state index is 6.87. The molecule has 9 aromatic rings. The van der Waals surface area contributed by atoms with E-state index in [1.807, 2.05) is 6.07 Å². The maximum Gasteiger partial charge on any atom is 0.0541 e. The smallest absolute Gasteiger partial charge is 0.0541 e. The molecule has 1 aromatic heterocycles. The van der Waals surface area contributed by atoms with Gasteiger partial charge in [0.05, 0.1) is 11.0 Å². The minimum Gasteiger partial charge on any atom is -0.399 e. The summed E-state index contributed by atoms with van der Waals surface area (Å²) in [5.74, 6) is 0. The Hall–Kier alpha value is -6.58. The Kier molecular flexibility index (Phi) is 6.53. The summed E-state index contributed by atoms with van der Waals surface area (Å²) in [7, 11) is 0. The summed E-state index contributed by atoms with van der Waals surface area (Å²) in [5.41, 5.74) is 30.2. The molecule has 0 spiro atoms. The normalized spacial score (nSPS) is 13.1. The summed E-state index contributed by atoms with van der Waals surface area (Å²) < 4.78 is 2.42. The van der Waals surface area contributed by atoms with Gasteiger partial charge in [-0.3, -0.25) is 0 Å². The zero-order valence-corrected chi connectivity index (χ0v) is 29.2. The molecule has 0 radical (unpaired) electrons. The fraction of sp³-hybridized carbons (Fsp3) is 0.0612. The summed E-state index contributed by atoms with van der Waals surface area (Å²) in [4.78, 5) is 0. The number of nitrogens with zero attached hydrogens (tertiary/aromatic N) is 1. The number of benzene rings is 8. The van der Waals surface area contributed by atoms with Gasteiger partial charge in [0.15, 0.2) is 0 Å². The zero-order chi connectivity index (χ0) is 35.1. The first-order valence-corrected chi connectivity index (χ1v) is 17.9. The van der Waals surface area contributed by atoms with E-state index < -0.39 is 0 Å². The van der Waals surface area contributed by atoms with E-state index in [9.17, 15) is 0 Å². The quantitative estimate of drug-likeness (QED) is 0.184. The Morgan fingerprint density at radius 2 is 1.06 bits per heavy atom. The fourth-order valence-electron chi connectivity index (χ4n) is 8.69. The Balaban J connectivity index is 1.22. The highest BCUT2D eigenvalue weighted by Gasteiger charge is 2.37. The lowest BCUT2D eigenvalue weighted by molar-refractivity contribution is 0.661. The number of fused-ring (bicyclic) bond motifs is 8. The van der Waals surface area contributed by atoms with Crippen molar-refractivity contribution in [3.05, 3.63) is 175 Å². The molecule has 248 valence electrons. The lowest BCUT2D eigenvalue weighted by Crippen LogP contribution is -2.15. The van der Waals surface area contributed by atoms with Crippen molar-refractivity contribution in [2.75, 3.05) is 11.5 Å². The minimum atomic E-state index is -0.225. The summed E-state index contributed by atoms with van der Waals surface area (Å²) in [6, 6.07) is 59.1. The van der Waals surface area contributed by atoms with Crippen LogP contribution in [-0.4, -0.2) is 4.57 Å². The monoisotopic (exact) mass is 667 g/mol. The minimum absolute atomic E-state index is 0.225. The molecule has 0 amide bonds. The highest BCUT2D eigenvalue weighted by molar-refractivity contribution is 6.15. The number of nitrogen functional groups attached to an aromatic ring is 2. The van der Waals surface area contributed by atoms with Crippen LogP contribution < -0.4 is 11.5 Å². The van der Waals surface area contributed by atoms with Crippen LogP contribution in [0.3, 0.4) is 0 Å². The molecule has 1 aliphatic rings. The molecule has 0 aliphatic heterocycles. The zero-order valence-electron chi connectivity index (χ0n) is 29.2. The van der Waals surface area contributed by atoms with Crippen LogP contribution in [0.4, 0.5) is 11.4 Å². The van der Waals surface area contributed by atoms with E-state index in [0.29, 0.717) is 0 Å². The molecule has 1 aliphatic carbocycles. The molecule has 3 nitrogen and oxygen atoms in total. The van der Waals surface area contributed by atoms with Gasteiger partial charge in [-0.2, -0.15) is 0 Å². The van der Waals surface area contributed by atoms with E-state index in [0.717, 1.165) is 28.0 Å². The lowest BCUT2D eigenvalue weighted by atomic mass is 9.81. The number of hydrogen-bond acceptors (Lipinski definition) is 2. The van der Waals surface area contributed by atoms with E-state index in [1.165, 1.54) is 77.3 Å². The molecule has 1 heterocycles. The van der Waals surface area contributed by atoms with Crippen LogP contribution in [0.1, 0.15) is 25.0 Å². The van der Waals surface area contributed by atoms with Gasteiger partial charge in [-0.1, -0.05) is 123 Å². The number of nitrogens with two attached hydrogens (primary N) is 2. The molecule has 0 unspecified atom stereocenters. The largest absolute Gasteiger partial charge is 0.399 e. The second kappa shape index (κ2) is 11.2. The highest BCUT2D eigenvalue weighted by atomic mass is 15.0. The van der Waals surface area contributed by atoms with Crippen molar-refractivity contribution in [3.63, 3.8) is 0 Å². The third-order valence-corrected chi connectivity index (χ3v) is 11.2. The molecule has 0 saturated heterocycles. The molecular formula is C49H37N3. The van der Waals surface area contributed by atoms with Gasteiger partial charge in [0.2, 0.25) is 0 Å². The van der Waals surface area contributed by atoms with Crippen LogP contribution in [-0.2, 0) is 5.41 Å². The van der Waals surface area contributed by atoms with Crippen LogP contribution in [0.25, 0.3) is 82.8 Å². The molecule has 0 atom stereocenters. The van der Waals surface area contributed by atoms with E-state index in [1.54, 1.807) is 0 Å². The van der Waals surface area contributed by atoms with E-state index in [-0.39, 0.29) is 5.41 Å². The van der Waals surface area contributed by atoms with Crippen molar-refractivity contribution >= 4 is 44.0 Å². The average molecular weight is 668 g/mol. The molecular weight excluding hydrogens is 631 g/mol. The Morgan fingerprint density at radius 1 is 0.442 bits per heavy atom. The van der Waals surface area contributed by atoms with Crippen molar-refractivity contribution in [2.24, 2.45) is 0 Å². The predicted molar refractivity (Wildman–Crippen MR) is 221 cm³/mol. The second-order valence-corrected chi connectivity index (χ2v) is 14.6. The van der Waals surface area contributed by atoms with Crippen LogP contribution in [0.2, 0.25) is 0 Å². The van der Waals surface area contributed by atoms with Crippen molar-refractivity contribution in [3.8, 4) is 50.2 Å². The SMILES string of the molecule is CC1(C)c2cc(N)ccc2-c2c1cc(N)c1cccc(-c3cccc(-n4c5ccc(-c6ccccc6)cc5c5cc(-c6ccccc6)ccc54)c3)c21. The van der Waals surface area contributed by atoms with Crippen molar-refractivity contribution in [1.82, 2.24) is 4.57 Å². The van der Waals surface area contributed by atoms with Gasteiger partial charge in [0.25, 0.3) is 0 Å². The Labute approximate surface area is 303 Å². The van der Waals surface area contributed by atoms with Gasteiger partial charge in [-0.25, -0.2) is 0 Å². The van der Waals surface area contributed by atoms with Gasteiger partial charge in [0, 0.05) is 38.6 Å². The summed E-state index contributed by atoms with van der Waals surface area (Å²) in [5, 5.41) is 4.72. The first-order valence-electron chi connectivity index (χ1n) is 17.9. The third-order valence-electron chi connectivity index (χ3n) is 11.2. The predicted octanol–water partition coefficient (Wildman–Crippen LogP) is 12.4. The number of aromatic nitrogens is 1. The topological polar surface area (TPSA) is 57.0 Å². The molecule has 3 heteroatoms. The molecule has 0 saturated carbocycles. The van der Waals surface area contributed by atoms with Crippen molar-refractivity contribution < 1.29 is 0 Å². The molecule has 0 bridgehead atoms. The fourth-order valence-corrected chi connectivity index (χ4v) is 8.69. The first kappa shape index (κ1) is 30.3. The van der Waals surface area contributed by atoms with Crippen LogP contribution in [0.15, 0.2) is 164 Å². The second-order valence-electron chi connectivity index (χ2n) is 14.6. The number of anilines is 2. The summed E-state index contributed by atoms with van der Waals surface area (Å²) >= 11 is 0. The maximum atomic E-state index is 6.87. The summed E-state index contributed by atoms with van der Waals surface area (Å²) in [6.07, 6.45) is 0. The van der Waals surface area contributed by atoms with E-state index in [4.69, 9.17) is 11.5 Å². The molecule has 4 N–H and O–H groups in total. The van der Waals surface area contributed by atoms with Crippen LogP contribution >= 0.6 is 0 Å². The molecule has 10 rings (SSSR count). The van der Waals surface area contributed by atoms with Crippen molar-refractivity contribution in [2.45, 2.75) is 19.3 Å². The van der Waals surface area contributed by atoms with Gasteiger partial charge >= 0.3 is 0 Å². The van der Waals surface area contributed by atoms with Crippen molar-refractivity contribution in [1.29, 1.82) is 0 Å². The Bertz CT molecular complexity index is 2780. The average Bonchev–Trinajstić information content (AvgIpc) is 3.62. The summed E-state index contributed by atoms with van der Waals surface area (Å²) in [6.45, 7) is 4.56. The lowest BCUT2D eigenvalue weighted by Gasteiger charge is -2.23. The van der Waals surface area contributed by atoms with E-state index in [2.05, 4.69) is 176 Å². The number of rotatable bonds is 4. The van der Waals surface area contributed by atoms with Gasteiger partial charge in [-0.15, -0.1) is 0 Å². The Morgan fingerprint density at radius 3 is 1.71 bits per heavy atom. The molecule has 0 fully saturated rings. The van der Waals surface area contributed by atoms with Gasteiger partial charge in [-0.05, 0) is 116 Å². The molecule has 8 aromatic carbocycles. The van der Waals surface area contributed by atoms with Crippen LogP contribution in [0, 0.1) is 0 Å². The van der Waals surface area contributed by atoms with E-state index >= 15 is 0 Å². The first-order chi connectivity index (χ1) is 25.4. The molecule has 52 heavy (non-hydrogen) atoms. The number of hydrogen-bond donors (Lipinski definition) is 2. The third kappa shape index (κ3) is 4.46. The standard InChI is InChI=1S/C49H37N3/c1-49(2)42-28-35(50)21-22-38(42)48-43(49)29-44(51)39-18-10-17-37(47(39)48)34-15-9-16-36(25-34)52-45-23-19-32(30-11-5-3-6-12-30)26-40(45)41-27-33(20-24-46(41)52)31-13-7-4-8-14-31/h3-29H,50-51H2,1-2H3. The highest BCUT2D eigenvalue weighted by Crippen LogP contribution is 2.54. The van der Waals surface area contributed by atoms with Gasteiger partial charge in [0.1, 0.15) is 0 Å². The van der Waals surface area contributed by atoms with Gasteiger partial charge < -0.3 is 16.0 Å².